The van der Waals surface area contributed by atoms with Crippen LogP contribution in [-0.2, 0) is 0 Å². The van der Waals surface area contributed by atoms with Crippen molar-refractivity contribution in [2.24, 2.45) is 0 Å². The van der Waals surface area contributed by atoms with E-state index in [-0.39, 0.29) is 0 Å². The van der Waals surface area contributed by atoms with Crippen LogP contribution in [0, 0.1) is 13.8 Å². The van der Waals surface area contributed by atoms with Crippen LogP contribution in [0.2, 0.25) is 0 Å². The molecule has 3 nitrogen and oxygen atoms in total. The van der Waals surface area contributed by atoms with E-state index in [1.165, 1.54) is 5.56 Å². The largest absolute Gasteiger partial charge is 0.286 e. The molecule has 0 amide bonds. The molecule has 66 valence electrons. The maximum Gasteiger partial charge on any atom is 0.134 e. The zero-order valence-corrected chi connectivity index (χ0v) is 7.73. The van der Waals surface area contributed by atoms with Crippen LogP contribution < -0.4 is 0 Å². The molecule has 0 saturated carbocycles. The number of rotatable bonds is 1. The molecule has 3 heteroatoms. The monoisotopic (exact) mass is 173 g/mol. The predicted molar refractivity (Wildman–Crippen MR) is 50.8 cm³/mol. The quantitative estimate of drug-likeness (QED) is 0.659. The summed E-state index contributed by atoms with van der Waals surface area (Å²) in [5.74, 6) is 0.911. The molecular formula is C10H11N3. The Morgan fingerprint density at radius 2 is 1.92 bits per heavy atom. The van der Waals surface area contributed by atoms with Crippen molar-refractivity contribution in [1.82, 2.24) is 14.8 Å². The van der Waals surface area contributed by atoms with Crippen molar-refractivity contribution in [3.8, 4) is 5.69 Å². The highest BCUT2D eigenvalue weighted by Crippen LogP contribution is 2.13. The fourth-order valence-corrected chi connectivity index (χ4v) is 1.36. The van der Waals surface area contributed by atoms with E-state index in [2.05, 4.69) is 29.3 Å². The third-order valence-electron chi connectivity index (χ3n) is 2.09. The lowest BCUT2D eigenvalue weighted by Gasteiger charge is -2.06. The van der Waals surface area contributed by atoms with Gasteiger partial charge in [0.15, 0.2) is 0 Å². The summed E-state index contributed by atoms with van der Waals surface area (Å²) in [6, 6.07) is 8.18. The number of nitrogens with zero attached hydrogens (tertiary/aromatic N) is 3. The van der Waals surface area contributed by atoms with Gasteiger partial charge in [-0.25, -0.2) is 0 Å². The zero-order valence-electron chi connectivity index (χ0n) is 7.73. The van der Waals surface area contributed by atoms with E-state index in [1.54, 1.807) is 6.33 Å². The number of aromatic nitrogens is 3. The van der Waals surface area contributed by atoms with Gasteiger partial charge in [0.1, 0.15) is 12.2 Å². The first-order chi connectivity index (χ1) is 6.29. The number of aryl methyl sites for hydroxylation is 2. The highest BCUT2D eigenvalue weighted by atomic mass is 15.3. The third kappa shape index (κ3) is 1.33. The first kappa shape index (κ1) is 7.98. The molecule has 0 bridgehead atoms. The Hall–Kier alpha value is -1.64. The van der Waals surface area contributed by atoms with Gasteiger partial charge in [0, 0.05) is 0 Å². The Morgan fingerprint density at radius 1 is 1.15 bits per heavy atom. The summed E-state index contributed by atoms with van der Waals surface area (Å²) in [5.41, 5.74) is 2.37. The molecule has 1 aromatic heterocycles. The summed E-state index contributed by atoms with van der Waals surface area (Å²) in [6.07, 6.45) is 1.73. The number of hydrogen-bond donors (Lipinski definition) is 0. The van der Waals surface area contributed by atoms with E-state index >= 15 is 0 Å². The van der Waals surface area contributed by atoms with Crippen molar-refractivity contribution in [1.29, 1.82) is 0 Å². The van der Waals surface area contributed by atoms with Crippen LogP contribution in [0.1, 0.15) is 11.4 Å². The van der Waals surface area contributed by atoms with Crippen molar-refractivity contribution in [3.05, 3.63) is 42.0 Å². The van der Waals surface area contributed by atoms with Crippen LogP contribution in [0.15, 0.2) is 30.6 Å². The SMILES string of the molecule is Cc1ccccc1-n1cnnc1C. The topological polar surface area (TPSA) is 30.7 Å². The van der Waals surface area contributed by atoms with Gasteiger partial charge in [-0.1, -0.05) is 18.2 Å². The Labute approximate surface area is 77.0 Å². The normalized spacial score (nSPS) is 10.3. The standard InChI is InChI=1S/C10H11N3/c1-8-5-3-4-6-10(8)13-7-11-12-9(13)2/h3-7H,1-2H3. The van der Waals surface area contributed by atoms with Crippen LogP contribution >= 0.6 is 0 Å². The van der Waals surface area contributed by atoms with Crippen LogP contribution in [0.4, 0.5) is 0 Å². The second kappa shape index (κ2) is 3.01. The van der Waals surface area contributed by atoms with Gasteiger partial charge >= 0.3 is 0 Å². The van der Waals surface area contributed by atoms with Crippen molar-refractivity contribution < 1.29 is 0 Å². The van der Waals surface area contributed by atoms with Gasteiger partial charge in [0.25, 0.3) is 0 Å². The number of benzene rings is 1. The number of hydrogen-bond acceptors (Lipinski definition) is 2. The molecule has 0 N–H and O–H groups in total. The van der Waals surface area contributed by atoms with Crippen LogP contribution in [-0.4, -0.2) is 14.8 Å². The van der Waals surface area contributed by atoms with Crippen LogP contribution in [0.3, 0.4) is 0 Å². The maximum atomic E-state index is 3.95. The van der Waals surface area contributed by atoms with E-state index in [4.69, 9.17) is 0 Å². The van der Waals surface area contributed by atoms with E-state index in [9.17, 15) is 0 Å². The van der Waals surface area contributed by atoms with Gasteiger partial charge in [0.2, 0.25) is 0 Å². The molecule has 0 aliphatic rings. The van der Waals surface area contributed by atoms with Crippen molar-refractivity contribution in [2.75, 3.05) is 0 Å². The molecule has 0 radical (unpaired) electrons. The molecule has 0 spiro atoms. The van der Waals surface area contributed by atoms with Gasteiger partial charge in [-0.05, 0) is 25.5 Å². The Balaban J connectivity index is 2.59. The van der Waals surface area contributed by atoms with Gasteiger partial charge in [0.05, 0.1) is 5.69 Å². The molecule has 0 saturated heterocycles. The van der Waals surface area contributed by atoms with Crippen molar-refractivity contribution >= 4 is 0 Å². The van der Waals surface area contributed by atoms with E-state index in [0.29, 0.717) is 0 Å². The fourth-order valence-electron chi connectivity index (χ4n) is 1.36. The highest BCUT2D eigenvalue weighted by Gasteiger charge is 2.02. The summed E-state index contributed by atoms with van der Waals surface area (Å²) < 4.78 is 1.98. The first-order valence-electron chi connectivity index (χ1n) is 4.21. The smallest absolute Gasteiger partial charge is 0.134 e. The Bertz CT molecular complexity index is 418. The minimum Gasteiger partial charge on any atom is -0.286 e. The molecule has 0 fully saturated rings. The van der Waals surface area contributed by atoms with Crippen molar-refractivity contribution in [3.63, 3.8) is 0 Å². The number of para-hydroxylation sites is 1. The van der Waals surface area contributed by atoms with Gasteiger partial charge in [-0.3, -0.25) is 4.57 Å². The zero-order chi connectivity index (χ0) is 9.26. The van der Waals surface area contributed by atoms with Gasteiger partial charge < -0.3 is 0 Å². The van der Waals surface area contributed by atoms with Crippen molar-refractivity contribution in [2.45, 2.75) is 13.8 Å². The molecule has 0 unspecified atom stereocenters. The molecule has 1 heterocycles. The third-order valence-corrected chi connectivity index (χ3v) is 2.09. The highest BCUT2D eigenvalue weighted by molar-refractivity contribution is 5.40. The minimum absolute atomic E-state index is 0.911. The van der Waals surface area contributed by atoms with E-state index in [1.807, 2.05) is 23.6 Å². The minimum atomic E-state index is 0.911. The second-order valence-electron chi connectivity index (χ2n) is 3.03. The summed E-state index contributed by atoms with van der Waals surface area (Å²) in [7, 11) is 0. The predicted octanol–water partition coefficient (Wildman–Crippen LogP) is 1.88. The van der Waals surface area contributed by atoms with Gasteiger partial charge in [-0.2, -0.15) is 0 Å². The average Bonchev–Trinajstić information content (AvgIpc) is 2.52. The molecule has 2 aromatic rings. The second-order valence-corrected chi connectivity index (χ2v) is 3.03. The summed E-state index contributed by atoms with van der Waals surface area (Å²) >= 11 is 0. The van der Waals surface area contributed by atoms with E-state index < -0.39 is 0 Å². The Kier molecular flexibility index (Phi) is 1.85. The molecule has 0 aliphatic carbocycles. The summed E-state index contributed by atoms with van der Waals surface area (Å²) in [5, 5.41) is 7.80. The summed E-state index contributed by atoms with van der Waals surface area (Å²) in [4.78, 5) is 0. The molecule has 2 rings (SSSR count). The maximum absolute atomic E-state index is 3.95. The Morgan fingerprint density at radius 3 is 2.54 bits per heavy atom. The van der Waals surface area contributed by atoms with Gasteiger partial charge in [-0.15, -0.1) is 10.2 Å². The average molecular weight is 173 g/mol. The lowest BCUT2D eigenvalue weighted by molar-refractivity contribution is 0.961. The first-order valence-corrected chi connectivity index (χ1v) is 4.21. The molecule has 1 aromatic carbocycles. The molecule has 13 heavy (non-hydrogen) atoms. The molecule has 0 atom stereocenters. The molecule has 0 aliphatic heterocycles. The lowest BCUT2D eigenvalue weighted by Crippen LogP contribution is -1.97. The molecular weight excluding hydrogens is 162 g/mol. The van der Waals surface area contributed by atoms with Crippen LogP contribution in [0.25, 0.3) is 5.69 Å². The van der Waals surface area contributed by atoms with Crippen LogP contribution in [0.5, 0.6) is 0 Å². The fraction of sp³-hybridized carbons (Fsp3) is 0.200. The summed E-state index contributed by atoms with van der Waals surface area (Å²) in [6.45, 7) is 4.02. The van der Waals surface area contributed by atoms with E-state index in [0.717, 1.165) is 11.5 Å². The lowest BCUT2D eigenvalue weighted by atomic mass is 10.2.